The Morgan fingerprint density at radius 1 is 0.667 bits per heavy atom. The van der Waals surface area contributed by atoms with Gasteiger partial charge in [-0.05, 0) is 61.3 Å². The number of hydrogen-bond acceptors (Lipinski definition) is 4. The molecular formula is C22H30Cl2F2N2O2. The van der Waals surface area contributed by atoms with E-state index in [1.54, 1.807) is 24.3 Å². The molecule has 2 aromatic carbocycles. The molecular weight excluding hydrogens is 433 g/mol. The minimum atomic E-state index is -0.212. The third-order valence-electron chi connectivity index (χ3n) is 5.43. The highest BCUT2D eigenvalue weighted by Gasteiger charge is 2.29. The van der Waals surface area contributed by atoms with E-state index in [0.29, 0.717) is 24.9 Å². The fraction of sp³-hybridized carbons (Fsp3) is 0.455. The Hall–Kier alpha value is -1.28. The van der Waals surface area contributed by atoms with Crippen molar-refractivity contribution in [2.75, 3.05) is 26.3 Å². The van der Waals surface area contributed by atoms with Gasteiger partial charge >= 0.3 is 0 Å². The molecule has 0 amide bonds. The van der Waals surface area contributed by atoms with Crippen molar-refractivity contribution >= 4 is 24.8 Å². The van der Waals surface area contributed by atoms with Crippen LogP contribution < -0.4 is 11.5 Å². The summed E-state index contributed by atoms with van der Waals surface area (Å²) in [7, 11) is 0. The molecule has 2 saturated heterocycles. The standard InChI is InChI=1S/2C11H14FNO.2ClH/c2*12-10-3-1-8(2-4-10)11-9(7-13)5-6-14-11;;/h2*1-4,9,11H,5-7,13H2;2*1H/t2*9-,11-;;/m10../s1. The second-order valence-corrected chi connectivity index (χ2v) is 7.25. The molecule has 0 saturated carbocycles. The molecule has 0 aromatic heterocycles. The Morgan fingerprint density at radius 2 is 1.00 bits per heavy atom. The second-order valence-electron chi connectivity index (χ2n) is 7.25. The first-order valence-corrected chi connectivity index (χ1v) is 9.76. The normalized spacial score (nSPS) is 24.9. The summed E-state index contributed by atoms with van der Waals surface area (Å²) >= 11 is 0. The lowest BCUT2D eigenvalue weighted by Gasteiger charge is -2.16. The van der Waals surface area contributed by atoms with Gasteiger partial charge in [0.1, 0.15) is 11.6 Å². The van der Waals surface area contributed by atoms with Crippen molar-refractivity contribution in [2.24, 2.45) is 23.3 Å². The molecule has 2 heterocycles. The minimum Gasteiger partial charge on any atom is -0.373 e. The first kappa shape index (κ1) is 26.8. The van der Waals surface area contributed by atoms with E-state index in [1.807, 2.05) is 0 Å². The number of hydrogen-bond donors (Lipinski definition) is 2. The van der Waals surface area contributed by atoms with Gasteiger partial charge in [0.05, 0.1) is 12.2 Å². The van der Waals surface area contributed by atoms with Crippen LogP contribution in [0.15, 0.2) is 48.5 Å². The summed E-state index contributed by atoms with van der Waals surface area (Å²) in [5.74, 6) is 0.327. The summed E-state index contributed by atoms with van der Waals surface area (Å²) in [4.78, 5) is 0. The zero-order chi connectivity index (χ0) is 19.9. The summed E-state index contributed by atoms with van der Waals surface area (Å²) in [6.07, 6.45) is 2.11. The molecule has 2 aromatic rings. The number of benzene rings is 2. The quantitative estimate of drug-likeness (QED) is 0.697. The van der Waals surface area contributed by atoms with Crippen molar-refractivity contribution in [3.8, 4) is 0 Å². The average Bonchev–Trinajstić information content (AvgIpc) is 3.39. The van der Waals surface area contributed by atoms with Gasteiger partial charge in [-0.15, -0.1) is 24.8 Å². The molecule has 0 aliphatic carbocycles. The summed E-state index contributed by atoms with van der Waals surface area (Å²) in [5, 5.41) is 0. The van der Waals surface area contributed by atoms with Gasteiger partial charge in [0.25, 0.3) is 0 Å². The molecule has 8 heteroatoms. The molecule has 0 bridgehead atoms. The van der Waals surface area contributed by atoms with Gasteiger partial charge in [-0.3, -0.25) is 0 Å². The highest BCUT2D eigenvalue weighted by atomic mass is 35.5. The van der Waals surface area contributed by atoms with Crippen LogP contribution in [-0.4, -0.2) is 26.3 Å². The van der Waals surface area contributed by atoms with Crippen LogP contribution in [0.4, 0.5) is 8.78 Å². The Kier molecular flexibility index (Phi) is 11.8. The van der Waals surface area contributed by atoms with E-state index >= 15 is 0 Å². The van der Waals surface area contributed by atoms with Gasteiger partial charge in [-0.1, -0.05) is 24.3 Å². The number of ether oxygens (including phenoxy) is 2. The van der Waals surface area contributed by atoms with Gasteiger partial charge in [-0.2, -0.15) is 0 Å². The van der Waals surface area contributed by atoms with Crippen molar-refractivity contribution in [1.82, 2.24) is 0 Å². The summed E-state index contributed by atoms with van der Waals surface area (Å²) in [6.45, 7) is 2.76. The van der Waals surface area contributed by atoms with Crippen molar-refractivity contribution in [1.29, 1.82) is 0 Å². The van der Waals surface area contributed by atoms with Crippen LogP contribution in [0.5, 0.6) is 0 Å². The van der Waals surface area contributed by atoms with Crippen molar-refractivity contribution in [2.45, 2.75) is 25.0 Å². The van der Waals surface area contributed by atoms with E-state index in [9.17, 15) is 8.78 Å². The Balaban J connectivity index is 0.000000281. The molecule has 2 aliphatic heterocycles. The molecule has 4 nitrogen and oxygen atoms in total. The maximum Gasteiger partial charge on any atom is 0.123 e. The number of rotatable bonds is 4. The number of halogens is 4. The van der Waals surface area contributed by atoms with Crippen LogP contribution in [0.1, 0.15) is 36.2 Å². The molecule has 0 spiro atoms. The molecule has 0 unspecified atom stereocenters. The third-order valence-corrected chi connectivity index (χ3v) is 5.43. The topological polar surface area (TPSA) is 70.5 Å². The van der Waals surface area contributed by atoms with Gasteiger partial charge in [0, 0.05) is 25.0 Å². The zero-order valence-electron chi connectivity index (χ0n) is 16.7. The zero-order valence-corrected chi connectivity index (χ0v) is 18.3. The van der Waals surface area contributed by atoms with E-state index in [2.05, 4.69) is 0 Å². The van der Waals surface area contributed by atoms with Crippen molar-refractivity contribution < 1.29 is 18.3 Å². The van der Waals surface area contributed by atoms with Crippen LogP contribution in [-0.2, 0) is 9.47 Å². The van der Waals surface area contributed by atoms with Crippen LogP contribution in [0.3, 0.4) is 0 Å². The second kappa shape index (κ2) is 13.2. The molecule has 2 fully saturated rings. The summed E-state index contributed by atoms with van der Waals surface area (Å²) < 4.78 is 36.5. The predicted molar refractivity (Wildman–Crippen MR) is 119 cm³/mol. The molecule has 30 heavy (non-hydrogen) atoms. The predicted octanol–water partition coefficient (Wildman–Crippen LogP) is 4.57. The minimum absolute atomic E-state index is 0. The molecule has 4 N–H and O–H groups in total. The molecule has 2 aliphatic rings. The fourth-order valence-corrected chi connectivity index (χ4v) is 3.79. The fourth-order valence-electron chi connectivity index (χ4n) is 3.79. The largest absolute Gasteiger partial charge is 0.373 e. The first-order chi connectivity index (χ1) is 13.6. The van der Waals surface area contributed by atoms with Gasteiger partial charge in [-0.25, -0.2) is 8.78 Å². The van der Waals surface area contributed by atoms with Gasteiger partial charge < -0.3 is 20.9 Å². The Bertz CT molecular complexity index is 671. The number of nitrogens with two attached hydrogens (primary N) is 2. The van der Waals surface area contributed by atoms with Crippen LogP contribution in [0, 0.1) is 23.5 Å². The van der Waals surface area contributed by atoms with E-state index in [4.69, 9.17) is 20.9 Å². The maximum atomic E-state index is 12.7. The molecule has 4 atom stereocenters. The Morgan fingerprint density at radius 3 is 1.30 bits per heavy atom. The third kappa shape index (κ3) is 6.87. The van der Waals surface area contributed by atoms with E-state index < -0.39 is 0 Å². The summed E-state index contributed by atoms with van der Waals surface area (Å²) in [6, 6.07) is 12.9. The average molecular weight is 463 g/mol. The molecule has 0 radical (unpaired) electrons. The maximum absolute atomic E-state index is 12.7. The van der Waals surface area contributed by atoms with Crippen molar-refractivity contribution in [3.05, 3.63) is 71.3 Å². The van der Waals surface area contributed by atoms with Crippen molar-refractivity contribution in [3.63, 3.8) is 0 Å². The van der Waals surface area contributed by atoms with Crippen LogP contribution in [0.2, 0.25) is 0 Å². The van der Waals surface area contributed by atoms with Crippen LogP contribution >= 0.6 is 24.8 Å². The lowest BCUT2D eigenvalue weighted by Crippen LogP contribution is -2.17. The van der Waals surface area contributed by atoms with E-state index in [0.717, 1.165) is 37.2 Å². The van der Waals surface area contributed by atoms with E-state index in [-0.39, 0.29) is 48.7 Å². The van der Waals surface area contributed by atoms with Gasteiger partial charge in [0.15, 0.2) is 0 Å². The lowest BCUT2D eigenvalue weighted by molar-refractivity contribution is 0.0923. The first-order valence-electron chi connectivity index (χ1n) is 9.76. The van der Waals surface area contributed by atoms with Crippen LogP contribution in [0.25, 0.3) is 0 Å². The molecule has 168 valence electrons. The van der Waals surface area contributed by atoms with Gasteiger partial charge in [0.2, 0.25) is 0 Å². The smallest absolute Gasteiger partial charge is 0.123 e. The Labute approximate surface area is 189 Å². The highest BCUT2D eigenvalue weighted by molar-refractivity contribution is 5.85. The monoisotopic (exact) mass is 462 g/mol. The SMILES string of the molecule is Cl.Cl.NC[C@@H]1CCO[C@H]1c1ccc(F)cc1.NC[C@H]1CCO[C@@H]1c1ccc(F)cc1. The molecule has 4 rings (SSSR count). The van der Waals surface area contributed by atoms with E-state index in [1.165, 1.54) is 24.3 Å². The lowest BCUT2D eigenvalue weighted by atomic mass is 9.95. The summed E-state index contributed by atoms with van der Waals surface area (Å²) in [5.41, 5.74) is 13.3. The highest BCUT2D eigenvalue weighted by Crippen LogP contribution is 2.34.